The van der Waals surface area contributed by atoms with Gasteiger partial charge in [0.25, 0.3) is 5.69 Å². The molecule has 1 aromatic carbocycles. The summed E-state index contributed by atoms with van der Waals surface area (Å²) in [5, 5.41) is 19.2. The quantitative estimate of drug-likeness (QED) is 0.640. The summed E-state index contributed by atoms with van der Waals surface area (Å²) < 4.78 is 36.9. The van der Waals surface area contributed by atoms with Crippen LogP contribution in [0.4, 0.5) is 18.9 Å². The minimum Gasteiger partial charge on any atom is -0.477 e. The number of nitro groups is 1. The van der Waals surface area contributed by atoms with Gasteiger partial charge in [0.05, 0.1) is 4.92 Å². The summed E-state index contributed by atoms with van der Waals surface area (Å²) in [5.41, 5.74) is 2.68. The lowest BCUT2D eigenvalue weighted by Gasteiger charge is -2.15. The average Bonchev–Trinajstić information content (AvgIpc) is 2.25. The number of carboxylic acid groups (broad SMARTS) is 1. The molecule has 0 aliphatic heterocycles. The molecule has 0 spiro atoms. The summed E-state index contributed by atoms with van der Waals surface area (Å²) in [7, 11) is 0. The number of benzene rings is 1. The molecular formula is C9H7F3N2O4. The zero-order valence-electron chi connectivity index (χ0n) is 8.64. The van der Waals surface area contributed by atoms with Gasteiger partial charge in [-0.15, -0.1) is 0 Å². The molecule has 0 aliphatic rings. The summed E-state index contributed by atoms with van der Waals surface area (Å²) in [5.74, 6) is -1.60. The van der Waals surface area contributed by atoms with Crippen LogP contribution >= 0.6 is 0 Å². The van der Waals surface area contributed by atoms with Crippen molar-refractivity contribution in [2.24, 2.45) is 5.73 Å². The fourth-order valence-electron chi connectivity index (χ4n) is 1.26. The van der Waals surface area contributed by atoms with E-state index in [1.165, 1.54) is 0 Å². The lowest BCUT2D eigenvalue weighted by atomic mass is 10.0. The standard InChI is InChI=1S/C9H7F3N2O4/c10-9(11,12)7(13)4-1-2-5(8(15)16)6(3-4)14(17)18/h1-3,7H,13H2,(H,15,16)/t7-/m1/s1. The second-order valence-corrected chi connectivity index (χ2v) is 3.36. The number of nitrogens with zero attached hydrogens (tertiary/aromatic N) is 1. The Labute approximate surface area is 98.0 Å². The van der Waals surface area contributed by atoms with Gasteiger partial charge in [-0.05, 0) is 11.6 Å². The first-order chi connectivity index (χ1) is 8.14. The number of aromatic carboxylic acids is 1. The maximum Gasteiger partial charge on any atom is 0.407 e. The van der Waals surface area contributed by atoms with E-state index in [4.69, 9.17) is 10.8 Å². The number of rotatable bonds is 3. The Morgan fingerprint density at radius 3 is 2.39 bits per heavy atom. The van der Waals surface area contributed by atoms with Gasteiger partial charge < -0.3 is 10.8 Å². The highest BCUT2D eigenvalue weighted by molar-refractivity contribution is 5.92. The largest absolute Gasteiger partial charge is 0.477 e. The molecule has 98 valence electrons. The van der Waals surface area contributed by atoms with E-state index in [-0.39, 0.29) is 0 Å². The maximum absolute atomic E-state index is 12.3. The van der Waals surface area contributed by atoms with Gasteiger partial charge in [0, 0.05) is 6.07 Å². The van der Waals surface area contributed by atoms with Crippen molar-refractivity contribution >= 4 is 11.7 Å². The predicted octanol–water partition coefficient (Wildman–Crippen LogP) is 1.86. The van der Waals surface area contributed by atoms with E-state index < -0.39 is 39.9 Å². The van der Waals surface area contributed by atoms with Gasteiger partial charge in [-0.25, -0.2) is 4.79 Å². The number of carboxylic acids is 1. The van der Waals surface area contributed by atoms with E-state index >= 15 is 0 Å². The fraction of sp³-hybridized carbons (Fsp3) is 0.222. The van der Waals surface area contributed by atoms with Gasteiger partial charge in [0.15, 0.2) is 0 Å². The molecule has 0 radical (unpaired) electrons. The second-order valence-electron chi connectivity index (χ2n) is 3.36. The first kappa shape index (κ1) is 13.9. The van der Waals surface area contributed by atoms with Crippen molar-refractivity contribution in [2.75, 3.05) is 0 Å². The van der Waals surface area contributed by atoms with Gasteiger partial charge in [-0.1, -0.05) is 6.07 Å². The van der Waals surface area contributed by atoms with Gasteiger partial charge >= 0.3 is 12.1 Å². The highest BCUT2D eigenvalue weighted by Crippen LogP contribution is 2.32. The van der Waals surface area contributed by atoms with Crippen molar-refractivity contribution in [3.63, 3.8) is 0 Å². The van der Waals surface area contributed by atoms with Gasteiger partial charge in [-0.2, -0.15) is 13.2 Å². The van der Waals surface area contributed by atoms with Crippen LogP contribution in [0.3, 0.4) is 0 Å². The summed E-state index contributed by atoms with van der Waals surface area (Å²) in [4.78, 5) is 20.1. The number of alkyl halides is 3. The number of hydrogen-bond acceptors (Lipinski definition) is 4. The lowest BCUT2D eigenvalue weighted by Crippen LogP contribution is -2.28. The van der Waals surface area contributed by atoms with Crippen LogP contribution in [0.2, 0.25) is 0 Å². The molecule has 1 atom stereocenters. The van der Waals surface area contributed by atoms with Crippen molar-refractivity contribution in [1.82, 2.24) is 0 Å². The normalized spacial score (nSPS) is 13.1. The molecule has 1 aromatic rings. The molecule has 0 unspecified atom stereocenters. The lowest BCUT2D eigenvalue weighted by molar-refractivity contribution is -0.385. The van der Waals surface area contributed by atoms with Crippen LogP contribution in [-0.4, -0.2) is 22.2 Å². The third-order valence-electron chi connectivity index (χ3n) is 2.16. The zero-order chi connectivity index (χ0) is 14.1. The van der Waals surface area contributed by atoms with Crippen LogP contribution in [0.25, 0.3) is 0 Å². The summed E-state index contributed by atoms with van der Waals surface area (Å²) >= 11 is 0. The van der Waals surface area contributed by atoms with Crippen LogP contribution in [0.1, 0.15) is 22.0 Å². The third-order valence-corrected chi connectivity index (χ3v) is 2.16. The molecule has 0 saturated heterocycles. The molecule has 1 rings (SSSR count). The summed E-state index contributed by atoms with van der Waals surface area (Å²) in [6.45, 7) is 0. The highest BCUT2D eigenvalue weighted by Gasteiger charge is 2.38. The average molecular weight is 264 g/mol. The van der Waals surface area contributed by atoms with Crippen LogP contribution in [0.15, 0.2) is 18.2 Å². The van der Waals surface area contributed by atoms with Crippen LogP contribution in [0, 0.1) is 10.1 Å². The maximum atomic E-state index is 12.3. The van der Waals surface area contributed by atoms with E-state index in [9.17, 15) is 28.1 Å². The number of halogens is 3. The van der Waals surface area contributed by atoms with Gasteiger partial charge in [0.2, 0.25) is 0 Å². The second kappa shape index (κ2) is 4.61. The molecule has 9 heteroatoms. The van der Waals surface area contributed by atoms with Crippen LogP contribution < -0.4 is 5.73 Å². The molecule has 0 aliphatic carbocycles. The summed E-state index contributed by atoms with van der Waals surface area (Å²) in [6.07, 6.45) is -4.77. The smallest absolute Gasteiger partial charge is 0.407 e. The third kappa shape index (κ3) is 2.74. The summed E-state index contributed by atoms with van der Waals surface area (Å²) in [6, 6.07) is -0.364. The Morgan fingerprint density at radius 1 is 1.44 bits per heavy atom. The molecule has 0 amide bonds. The number of hydrogen-bond donors (Lipinski definition) is 2. The van der Waals surface area contributed by atoms with Crippen molar-refractivity contribution < 1.29 is 28.0 Å². The molecule has 6 nitrogen and oxygen atoms in total. The first-order valence-corrected chi connectivity index (χ1v) is 4.48. The van der Waals surface area contributed by atoms with Gasteiger partial charge in [-0.3, -0.25) is 10.1 Å². The van der Waals surface area contributed by atoms with Crippen molar-refractivity contribution in [2.45, 2.75) is 12.2 Å². The SMILES string of the molecule is N[C@H](c1ccc(C(=O)O)c([N+](=O)[O-])c1)C(F)(F)F. The van der Waals surface area contributed by atoms with E-state index in [2.05, 4.69) is 0 Å². The van der Waals surface area contributed by atoms with E-state index in [0.29, 0.717) is 6.07 Å². The Hall–Kier alpha value is -2.16. The molecular weight excluding hydrogens is 257 g/mol. The van der Waals surface area contributed by atoms with Crippen LogP contribution in [0.5, 0.6) is 0 Å². The van der Waals surface area contributed by atoms with E-state index in [1.807, 2.05) is 0 Å². The van der Waals surface area contributed by atoms with Crippen molar-refractivity contribution in [1.29, 1.82) is 0 Å². The molecule has 0 aromatic heterocycles. The molecule has 0 bridgehead atoms. The van der Waals surface area contributed by atoms with Crippen molar-refractivity contribution in [3.8, 4) is 0 Å². The monoisotopic (exact) mass is 264 g/mol. The van der Waals surface area contributed by atoms with Crippen LogP contribution in [-0.2, 0) is 0 Å². The Morgan fingerprint density at radius 2 is 2.00 bits per heavy atom. The molecule has 3 N–H and O–H groups in total. The Bertz CT molecular complexity index is 501. The van der Waals surface area contributed by atoms with Gasteiger partial charge in [0.1, 0.15) is 11.6 Å². The topological polar surface area (TPSA) is 106 Å². The number of nitro benzene ring substituents is 1. The Balaban J connectivity index is 3.32. The van der Waals surface area contributed by atoms with Crippen molar-refractivity contribution in [3.05, 3.63) is 39.4 Å². The van der Waals surface area contributed by atoms with E-state index in [1.54, 1.807) is 0 Å². The predicted molar refractivity (Wildman–Crippen MR) is 53.0 cm³/mol. The number of nitrogens with two attached hydrogens (primary N) is 1. The molecule has 0 saturated carbocycles. The molecule has 18 heavy (non-hydrogen) atoms. The highest BCUT2D eigenvalue weighted by atomic mass is 19.4. The first-order valence-electron chi connectivity index (χ1n) is 4.48. The molecule has 0 fully saturated rings. The fourth-order valence-corrected chi connectivity index (χ4v) is 1.26. The van der Waals surface area contributed by atoms with E-state index in [0.717, 1.165) is 12.1 Å². The minimum atomic E-state index is -4.77. The number of carbonyl (C=O) groups is 1. The minimum absolute atomic E-state index is 0.515. The Kier molecular flexibility index (Phi) is 3.56. The molecule has 0 heterocycles. The zero-order valence-corrected chi connectivity index (χ0v) is 8.64.